The number of hydrogen-bond donors (Lipinski definition) is 1. The molecule has 2 heterocycles. The molecule has 16 heavy (non-hydrogen) atoms. The second-order valence-electron chi connectivity index (χ2n) is 3.49. The molecule has 5 heteroatoms. The molecule has 0 atom stereocenters. The zero-order valence-electron chi connectivity index (χ0n) is 8.77. The van der Waals surface area contributed by atoms with Gasteiger partial charge in [0.25, 0.3) is 0 Å². The standard InChI is InChI=1S/C11H10N4S/c1-2-10-14-15-11(16-10)7-3-4-8-9(5-7)13-6-12-8/h3-6H,2H2,1H3,(H,12,13). The SMILES string of the molecule is CCc1nnc(-c2ccc3nc[nH]c3c2)s1. The van der Waals surface area contributed by atoms with Gasteiger partial charge in [-0.1, -0.05) is 18.3 Å². The smallest absolute Gasteiger partial charge is 0.147 e. The Balaban J connectivity index is 2.10. The van der Waals surface area contributed by atoms with Crippen molar-refractivity contribution in [1.82, 2.24) is 20.2 Å². The number of imidazole rings is 1. The Morgan fingerprint density at radius 3 is 3.06 bits per heavy atom. The first-order valence-corrected chi connectivity index (χ1v) is 5.94. The van der Waals surface area contributed by atoms with Gasteiger partial charge in [0.2, 0.25) is 0 Å². The Morgan fingerprint density at radius 1 is 1.31 bits per heavy atom. The summed E-state index contributed by atoms with van der Waals surface area (Å²) in [7, 11) is 0. The van der Waals surface area contributed by atoms with E-state index >= 15 is 0 Å². The Kier molecular flexibility index (Phi) is 2.18. The summed E-state index contributed by atoms with van der Waals surface area (Å²) in [5, 5.41) is 10.3. The maximum Gasteiger partial charge on any atom is 0.147 e. The molecule has 3 aromatic rings. The van der Waals surface area contributed by atoms with E-state index < -0.39 is 0 Å². The average molecular weight is 230 g/mol. The van der Waals surface area contributed by atoms with Crippen molar-refractivity contribution in [2.45, 2.75) is 13.3 Å². The van der Waals surface area contributed by atoms with Gasteiger partial charge in [-0.05, 0) is 24.6 Å². The molecule has 0 saturated carbocycles. The van der Waals surface area contributed by atoms with Gasteiger partial charge >= 0.3 is 0 Å². The van der Waals surface area contributed by atoms with Crippen LogP contribution in [0, 0.1) is 0 Å². The Labute approximate surface area is 96.4 Å². The summed E-state index contributed by atoms with van der Waals surface area (Å²) in [6, 6.07) is 6.08. The number of aromatic amines is 1. The molecule has 0 spiro atoms. The molecule has 0 amide bonds. The lowest BCUT2D eigenvalue weighted by molar-refractivity contribution is 0.986. The number of H-pyrrole nitrogens is 1. The van der Waals surface area contributed by atoms with Gasteiger partial charge in [0.05, 0.1) is 17.4 Å². The fraction of sp³-hybridized carbons (Fsp3) is 0.182. The van der Waals surface area contributed by atoms with Crippen LogP contribution in [0.5, 0.6) is 0 Å². The third-order valence-electron chi connectivity index (χ3n) is 2.44. The van der Waals surface area contributed by atoms with E-state index in [2.05, 4.69) is 33.2 Å². The fourth-order valence-corrected chi connectivity index (χ4v) is 2.36. The van der Waals surface area contributed by atoms with Crippen molar-refractivity contribution < 1.29 is 0 Å². The average Bonchev–Trinajstić information content (AvgIpc) is 2.96. The number of fused-ring (bicyclic) bond motifs is 1. The van der Waals surface area contributed by atoms with Crippen LogP contribution in [0.1, 0.15) is 11.9 Å². The van der Waals surface area contributed by atoms with E-state index in [9.17, 15) is 0 Å². The van der Waals surface area contributed by atoms with Crippen LogP contribution in [-0.2, 0) is 6.42 Å². The lowest BCUT2D eigenvalue weighted by Crippen LogP contribution is -1.78. The van der Waals surface area contributed by atoms with Gasteiger partial charge in [-0.15, -0.1) is 10.2 Å². The van der Waals surface area contributed by atoms with E-state index in [1.54, 1.807) is 17.7 Å². The first-order valence-electron chi connectivity index (χ1n) is 5.12. The van der Waals surface area contributed by atoms with Gasteiger partial charge in [-0.3, -0.25) is 0 Å². The molecule has 0 radical (unpaired) electrons. The monoisotopic (exact) mass is 230 g/mol. The minimum atomic E-state index is 0.934. The molecule has 2 aromatic heterocycles. The summed E-state index contributed by atoms with van der Waals surface area (Å²) in [5.41, 5.74) is 3.10. The highest BCUT2D eigenvalue weighted by molar-refractivity contribution is 7.14. The zero-order chi connectivity index (χ0) is 11.0. The van der Waals surface area contributed by atoms with E-state index in [1.165, 1.54) is 0 Å². The number of nitrogens with zero attached hydrogens (tertiary/aromatic N) is 3. The van der Waals surface area contributed by atoms with E-state index in [4.69, 9.17) is 0 Å². The van der Waals surface area contributed by atoms with E-state index in [0.29, 0.717) is 0 Å². The van der Waals surface area contributed by atoms with E-state index in [0.717, 1.165) is 33.0 Å². The van der Waals surface area contributed by atoms with Crippen molar-refractivity contribution in [2.75, 3.05) is 0 Å². The van der Waals surface area contributed by atoms with Crippen LogP contribution >= 0.6 is 11.3 Å². The van der Waals surface area contributed by atoms with Gasteiger partial charge in [-0.25, -0.2) is 4.98 Å². The summed E-state index contributed by atoms with van der Waals surface area (Å²) in [4.78, 5) is 7.28. The summed E-state index contributed by atoms with van der Waals surface area (Å²) < 4.78 is 0. The van der Waals surface area contributed by atoms with Crippen molar-refractivity contribution in [3.05, 3.63) is 29.5 Å². The van der Waals surface area contributed by atoms with Gasteiger partial charge in [0.15, 0.2) is 0 Å². The molecule has 1 aromatic carbocycles. The molecule has 0 bridgehead atoms. The van der Waals surface area contributed by atoms with Crippen LogP contribution < -0.4 is 0 Å². The molecule has 3 rings (SSSR count). The van der Waals surface area contributed by atoms with Gasteiger partial charge < -0.3 is 4.98 Å². The number of rotatable bonds is 2. The minimum Gasteiger partial charge on any atom is -0.345 e. The Hall–Kier alpha value is -1.75. The molecule has 0 fully saturated rings. The maximum absolute atomic E-state index is 4.19. The third-order valence-corrected chi connectivity index (χ3v) is 3.55. The zero-order valence-corrected chi connectivity index (χ0v) is 9.58. The van der Waals surface area contributed by atoms with Crippen LogP contribution in [-0.4, -0.2) is 20.2 Å². The fourth-order valence-electron chi connectivity index (χ4n) is 1.58. The van der Waals surface area contributed by atoms with Crippen LogP contribution in [0.3, 0.4) is 0 Å². The normalized spacial score (nSPS) is 11.1. The number of aryl methyl sites for hydroxylation is 1. The minimum absolute atomic E-state index is 0.934. The molecule has 1 N–H and O–H groups in total. The van der Waals surface area contributed by atoms with Crippen LogP contribution in [0.25, 0.3) is 21.6 Å². The predicted molar refractivity (Wildman–Crippen MR) is 64.4 cm³/mol. The van der Waals surface area contributed by atoms with Gasteiger partial charge in [0, 0.05) is 5.56 Å². The second kappa shape index (κ2) is 3.68. The number of benzene rings is 1. The first kappa shape index (κ1) is 9.47. The first-order chi connectivity index (χ1) is 7.86. The van der Waals surface area contributed by atoms with E-state index in [-0.39, 0.29) is 0 Å². The molecule has 0 aliphatic heterocycles. The number of nitrogens with one attached hydrogen (secondary N) is 1. The second-order valence-corrected chi connectivity index (χ2v) is 4.55. The van der Waals surface area contributed by atoms with Crippen molar-refractivity contribution in [3.63, 3.8) is 0 Å². The highest BCUT2D eigenvalue weighted by atomic mass is 32.1. The molecule has 0 saturated heterocycles. The maximum atomic E-state index is 4.19. The summed E-state index contributed by atoms with van der Waals surface area (Å²) in [5.74, 6) is 0. The quantitative estimate of drug-likeness (QED) is 0.736. The van der Waals surface area contributed by atoms with Gasteiger partial charge in [0.1, 0.15) is 10.0 Å². The number of hydrogen-bond acceptors (Lipinski definition) is 4. The lowest BCUT2D eigenvalue weighted by Gasteiger charge is -1.94. The van der Waals surface area contributed by atoms with Crippen LogP contribution in [0.4, 0.5) is 0 Å². The lowest BCUT2D eigenvalue weighted by atomic mass is 10.2. The molecular formula is C11H10N4S. The van der Waals surface area contributed by atoms with Crippen molar-refractivity contribution in [2.24, 2.45) is 0 Å². The Morgan fingerprint density at radius 2 is 2.25 bits per heavy atom. The summed E-state index contributed by atoms with van der Waals surface area (Å²) >= 11 is 1.64. The summed E-state index contributed by atoms with van der Waals surface area (Å²) in [6.07, 6.45) is 2.63. The Bertz CT molecular complexity index is 625. The highest BCUT2D eigenvalue weighted by Gasteiger charge is 2.06. The molecule has 0 aliphatic rings. The molecule has 4 nitrogen and oxygen atoms in total. The van der Waals surface area contributed by atoms with Crippen molar-refractivity contribution >= 4 is 22.4 Å². The van der Waals surface area contributed by atoms with E-state index in [1.807, 2.05) is 12.1 Å². The third kappa shape index (κ3) is 1.49. The molecule has 0 aliphatic carbocycles. The van der Waals surface area contributed by atoms with Crippen LogP contribution in [0.2, 0.25) is 0 Å². The van der Waals surface area contributed by atoms with Gasteiger partial charge in [-0.2, -0.15) is 0 Å². The van der Waals surface area contributed by atoms with Crippen molar-refractivity contribution in [1.29, 1.82) is 0 Å². The molecular weight excluding hydrogens is 220 g/mol. The largest absolute Gasteiger partial charge is 0.345 e. The van der Waals surface area contributed by atoms with Crippen molar-refractivity contribution in [3.8, 4) is 10.6 Å². The summed E-state index contributed by atoms with van der Waals surface area (Å²) in [6.45, 7) is 2.09. The predicted octanol–water partition coefficient (Wildman–Crippen LogP) is 2.64. The topological polar surface area (TPSA) is 54.5 Å². The molecule has 80 valence electrons. The molecule has 0 unspecified atom stereocenters. The van der Waals surface area contributed by atoms with Crippen LogP contribution in [0.15, 0.2) is 24.5 Å². The number of aromatic nitrogens is 4. The highest BCUT2D eigenvalue weighted by Crippen LogP contribution is 2.25.